The van der Waals surface area contributed by atoms with Crippen molar-refractivity contribution in [2.45, 2.75) is 16.2 Å². The van der Waals surface area contributed by atoms with Crippen LogP contribution in [0.4, 0.5) is 11.4 Å². The average molecular weight is 463 g/mol. The Morgan fingerprint density at radius 1 is 1.23 bits per heavy atom. The number of aryl methyl sites for hydroxylation is 1. The molecular weight excluding hydrogens is 448 g/mol. The first-order valence-corrected chi connectivity index (χ1v) is 10.6. The summed E-state index contributed by atoms with van der Waals surface area (Å²) in [6.07, 6.45) is 0. The van der Waals surface area contributed by atoms with Crippen LogP contribution < -0.4 is 10.6 Å². The van der Waals surface area contributed by atoms with Gasteiger partial charge in [-0.1, -0.05) is 23.4 Å². The number of hydrogen-bond donors (Lipinski definition) is 2. The van der Waals surface area contributed by atoms with Crippen LogP contribution in [0.1, 0.15) is 16.1 Å². The van der Waals surface area contributed by atoms with Crippen molar-refractivity contribution in [3.63, 3.8) is 0 Å². The van der Waals surface area contributed by atoms with Gasteiger partial charge in [0, 0.05) is 33.4 Å². The zero-order valence-corrected chi connectivity index (χ0v) is 17.9. The van der Waals surface area contributed by atoms with Crippen molar-refractivity contribution in [1.82, 2.24) is 10.3 Å². The first kappa shape index (κ1) is 21.8. The number of nitro groups is 1. The fourth-order valence-corrected chi connectivity index (χ4v) is 4.37. The summed E-state index contributed by atoms with van der Waals surface area (Å²) in [5.41, 5.74) is 1.25. The van der Waals surface area contributed by atoms with E-state index < -0.39 is 16.7 Å². The highest BCUT2D eigenvalue weighted by Crippen LogP contribution is 2.36. The van der Waals surface area contributed by atoms with Crippen molar-refractivity contribution >= 4 is 57.9 Å². The number of anilines is 1. The summed E-state index contributed by atoms with van der Waals surface area (Å²) in [5.74, 6) is -1.03. The molecule has 2 aromatic carbocycles. The smallest absolute Gasteiger partial charge is 0.284 e. The van der Waals surface area contributed by atoms with E-state index in [1.807, 2.05) is 12.3 Å². The Labute approximate surface area is 184 Å². The topological polar surface area (TPSA) is 114 Å². The van der Waals surface area contributed by atoms with Gasteiger partial charge < -0.3 is 10.6 Å². The lowest BCUT2D eigenvalue weighted by molar-refractivity contribution is -0.387. The zero-order valence-electron chi connectivity index (χ0n) is 15.5. The molecule has 8 nitrogen and oxygen atoms in total. The van der Waals surface area contributed by atoms with Gasteiger partial charge >= 0.3 is 0 Å². The van der Waals surface area contributed by atoms with E-state index in [0.717, 1.165) is 17.5 Å². The number of rotatable bonds is 7. The van der Waals surface area contributed by atoms with Crippen LogP contribution >= 0.6 is 34.7 Å². The molecule has 0 saturated carbocycles. The van der Waals surface area contributed by atoms with Gasteiger partial charge in [0.1, 0.15) is 0 Å². The molecule has 0 aliphatic heterocycles. The fraction of sp³-hybridized carbons (Fsp3) is 0.105. The average Bonchev–Trinajstić information content (AvgIpc) is 3.12. The van der Waals surface area contributed by atoms with Crippen LogP contribution in [0.2, 0.25) is 5.02 Å². The summed E-state index contributed by atoms with van der Waals surface area (Å²) in [5, 5.41) is 18.9. The molecule has 0 saturated heterocycles. The number of hydrogen-bond acceptors (Lipinski definition) is 7. The second-order valence-corrected chi connectivity index (χ2v) is 8.62. The van der Waals surface area contributed by atoms with Crippen LogP contribution in [0.25, 0.3) is 0 Å². The summed E-state index contributed by atoms with van der Waals surface area (Å²) < 4.78 is 0.673. The minimum absolute atomic E-state index is 0.0839. The number of thiazole rings is 1. The van der Waals surface area contributed by atoms with Crippen molar-refractivity contribution < 1.29 is 14.5 Å². The molecule has 1 aromatic heterocycles. The van der Waals surface area contributed by atoms with E-state index in [4.69, 9.17) is 11.6 Å². The molecule has 0 fully saturated rings. The molecule has 30 heavy (non-hydrogen) atoms. The summed E-state index contributed by atoms with van der Waals surface area (Å²) in [6, 6.07) is 10.7. The number of nitrogens with one attached hydrogen (secondary N) is 2. The van der Waals surface area contributed by atoms with Gasteiger partial charge in [0.15, 0.2) is 4.34 Å². The van der Waals surface area contributed by atoms with Crippen LogP contribution in [0, 0.1) is 17.0 Å². The van der Waals surface area contributed by atoms with Gasteiger partial charge in [0.25, 0.3) is 11.6 Å². The van der Waals surface area contributed by atoms with Crippen molar-refractivity contribution in [1.29, 1.82) is 0 Å². The number of aromatic nitrogens is 1. The van der Waals surface area contributed by atoms with E-state index in [1.54, 1.807) is 24.3 Å². The predicted octanol–water partition coefficient (Wildman–Crippen LogP) is 4.53. The third-order valence-corrected chi connectivity index (χ3v) is 6.12. The number of halogens is 1. The predicted molar refractivity (Wildman–Crippen MR) is 116 cm³/mol. The van der Waals surface area contributed by atoms with Gasteiger partial charge in [0.05, 0.1) is 16.4 Å². The minimum Gasteiger partial charge on any atom is -0.343 e. The molecule has 0 atom stereocenters. The van der Waals surface area contributed by atoms with Crippen molar-refractivity contribution in [2.24, 2.45) is 0 Å². The molecule has 2 N–H and O–H groups in total. The normalized spacial score (nSPS) is 10.5. The minimum atomic E-state index is -0.592. The molecule has 2 amide bonds. The Balaban J connectivity index is 1.65. The molecule has 1 heterocycles. The van der Waals surface area contributed by atoms with E-state index in [0.29, 0.717) is 19.9 Å². The number of amides is 2. The van der Waals surface area contributed by atoms with Gasteiger partial charge in [-0.05, 0) is 43.3 Å². The lowest BCUT2D eigenvalue weighted by Gasteiger charge is -2.08. The molecule has 0 aliphatic rings. The van der Waals surface area contributed by atoms with Crippen LogP contribution in [0.5, 0.6) is 0 Å². The van der Waals surface area contributed by atoms with Gasteiger partial charge in [-0.15, -0.1) is 11.3 Å². The molecule has 0 unspecified atom stereocenters. The molecule has 0 spiro atoms. The summed E-state index contributed by atoms with van der Waals surface area (Å²) in [7, 11) is 0. The van der Waals surface area contributed by atoms with Gasteiger partial charge in [-0.2, -0.15) is 0 Å². The van der Waals surface area contributed by atoms with E-state index in [1.165, 1.54) is 29.5 Å². The molecular formula is C19H15ClN4O4S2. The lowest BCUT2D eigenvalue weighted by atomic mass is 10.2. The second-order valence-electron chi connectivity index (χ2n) is 6.03. The maximum atomic E-state index is 12.3. The first-order chi connectivity index (χ1) is 14.3. The first-order valence-electron chi connectivity index (χ1n) is 8.54. The highest BCUT2D eigenvalue weighted by molar-refractivity contribution is 8.01. The number of carbonyl (C=O) groups excluding carboxylic acids is 2. The quantitative estimate of drug-likeness (QED) is 0.393. The van der Waals surface area contributed by atoms with Gasteiger partial charge in [0.2, 0.25) is 5.91 Å². The van der Waals surface area contributed by atoms with Crippen molar-refractivity contribution in [2.75, 3.05) is 11.9 Å². The molecule has 3 rings (SSSR count). The molecule has 3 aromatic rings. The summed E-state index contributed by atoms with van der Waals surface area (Å²) in [6.45, 7) is 1.55. The van der Waals surface area contributed by atoms with Crippen LogP contribution in [0.3, 0.4) is 0 Å². The van der Waals surface area contributed by atoms with Crippen LogP contribution in [0.15, 0.2) is 57.1 Å². The third-order valence-electron chi connectivity index (χ3n) is 3.75. The Bertz CT molecular complexity index is 1100. The number of nitro benzene ring substituents is 1. The maximum Gasteiger partial charge on any atom is 0.284 e. The zero-order chi connectivity index (χ0) is 21.7. The molecule has 11 heteroatoms. The molecule has 0 bridgehead atoms. The number of benzene rings is 2. The number of carbonyl (C=O) groups is 2. The van der Waals surface area contributed by atoms with Gasteiger partial charge in [-0.3, -0.25) is 19.7 Å². The highest BCUT2D eigenvalue weighted by Gasteiger charge is 2.20. The second kappa shape index (κ2) is 9.70. The lowest BCUT2D eigenvalue weighted by Crippen LogP contribution is -2.32. The Morgan fingerprint density at radius 2 is 1.97 bits per heavy atom. The van der Waals surface area contributed by atoms with E-state index in [9.17, 15) is 19.7 Å². The summed E-state index contributed by atoms with van der Waals surface area (Å²) >= 11 is 8.34. The van der Waals surface area contributed by atoms with Gasteiger partial charge in [-0.25, -0.2) is 4.98 Å². The molecule has 0 radical (unpaired) electrons. The number of nitrogens with zero attached hydrogens (tertiary/aromatic N) is 2. The highest BCUT2D eigenvalue weighted by atomic mass is 35.5. The third kappa shape index (κ3) is 5.78. The Hall–Kier alpha value is -2.95. The standard InChI is InChI=1S/C19H15ClN4O4S2/c1-11-10-29-19(22-11)30-16-7-2-12(8-15(16)24(27)28)18(26)21-9-17(25)23-14-5-3-13(20)4-6-14/h2-8,10H,9H2,1H3,(H,21,26)(H,23,25). The maximum absolute atomic E-state index is 12.3. The summed E-state index contributed by atoms with van der Waals surface area (Å²) in [4.78, 5) is 39.9. The SMILES string of the molecule is Cc1csc(Sc2ccc(C(=O)NCC(=O)Nc3ccc(Cl)cc3)cc2[N+](=O)[O-])n1. The molecule has 0 aliphatic carbocycles. The van der Waals surface area contributed by atoms with Crippen LogP contribution in [-0.2, 0) is 4.79 Å². The molecule has 154 valence electrons. The Kier molecular flexibility index (Phi) is 7.03. The largest absolute Gasteiger partial charge is 0.343 e. The van der Waals surface area contributed by atoms with Crippen LogP contribution in [-0.4, -0.2) is 28.3 Å². The van der Waals surface area contributed by atoms with Crippen molar-refractivity contribution in [3.8, 4) is 0 Å². The van der Waals surface area contributed by atoms with E-state index in [2.05, 4.69) is 15.6 Å². The van der Waals surface area contributed by atoms with E-state index in [-0.39, 0.29) is 17.8 Å². The van der Waals surface area contributed by atoms with E-state index >= 15 is 0 Å². The fourth-order valence-electron chi connectivity index (χ4n) is 2.36. The van der Waals surface area contributed by atoms with Crippen molar-refractivity contribution in [3.05, 3.63) is 74.2 Å². The Morgan fingerprint density at radius 3 is 2.60 bits per heavy atom. The monoisotopic (exact) mass is 462 g/mol.